The van der Waals surface area contributed by atoms with Crippen molar-refractivity contribution in [3.05, 3.63) is 82.4 Å². The van der Waals surface area contributed by atoms with Crippen LogP contribution in [0.25, 0.3) is 16.7 Å². The van der Waals surface area contributed by atoms with Crippen molar-refractivity contribution in [1.29, 1.82) is 0 Å². The van der Waals surface area contributed by atoms with Gasteiger partial charge in [-0.1, -0.05) is 18.2 Å². The highest BCUT2D eigenvalue weighted by molar-refractivity contribution is 5.96. The summed E-state index contributed by atoms with van der Waals surface area (Å²) in [6.45, 7) is 2.31. The number of nitro groups is 1. The zero-order valence-electron chi connectivity index (χ0n) is 14.5. The van der Waals surface area contributed by atoms with Crippen molar-refractivity contribution in [3.63, 3.8) is 0 Å². The average Bonchev–Trinajstić information content (AvgIpc) is 3.20. The molecule has 0 saturated heterocycles. The second-order valence-corrected chi connectivity index (χ2v) is 6.03. The molecule has 0 aliphatic carbocycles. The smallest absolute Gasteiger partial charge is 0.295 e. The minimum Gasteiger partial charge on any atom is -0.380 e. The number of benzene rings is 1. The lowest BCUT2D eigenvalue weighted by atomic mass is 10.1. The van der Waals surface area contributed by atoms with Gasteiger partial charge in [0.1, 0.15) is 0 Å². The number of hydrogen-bond donors (Lipinski definition) is 1. The number of aryl methyl sites for hydroxylation is 1. The molecule has 0 radical (unpaired) electrons. The highest BCUT2D eigenvalue weighted by Gasteiger charge is 2.16. The van der Waals surface area contributed by atoms with Gasteiger partial charge in [-0.3, -0.25) is 10.1 Å². The SMILES string of the molecule is Cc1cc(NCc2cccnc2-n2cccn2)c2cccc([N+](=O)[O-])c2n1. The number of hydrogen-bond acceptors (Lipinski definition) is 6. The Morgan fingerprint density at radius 2 is 2.07 bits per heavy atom. The molecule has 3 aromatic heterocycles. The van der Waals surface area contributed by atoms with Crippen molar-refractivity contribution < 1.29 is 4.92 Å². The second kappa shape index (κ2) is 6.83. The van der Waals surface area contributed by atoms with Gasteiger partial charge in [-0.05, 0) is 25.1 Å². The molecular formula is C19H16N6O2. The summed E-state index contributed by atoms with van der Waals surface area (Å²) in [4.78, 5) is 19.7. The molecule has 27 heavy (non-hydrogen) atoms. The van der Waals surface area contributed by atoms with Crippen molar-refractivity contribution in [1.82, 2.24) is 19.7 Å². The van der Waals surface area contributed by atoms with E-state index in [1.807, 2.05) is 43.5 Å². The summed E-state index contributed by atoms with van der Waals surface area (Å²) in [5, 5.41) is 19.6. The first-order valence-electron chi connectivity index (χ1n) is 8.36. The standard InChI is InChI=1S/C19H16N6O2/c1-13-11-16(15-6-2-7-17(25(26)27)18(15)23-13)21-12-14-5-3-8-20-19(14)24-10-4-9-22-24/h2-11H,12H2,1H3,(H,21,23). The number of nitrogens with zero attached hydrogens (tertiary/aromatic N) is 5. The summed E-state index contributed by atoms with van der Waals surface area (Å²) in [6, 6.07) is 12.5. The van der Waals surface area contributed by atoms with E-state index in [4.69, 9.17) is 0 Å². The van der Waals surface area contributed by atoms with Gasteiger partial charge in [0, 0.05) is 53.5 Å². The number of rotatable bonds is 5. The summed E-state index contributed by atoms with van der Waals surface area (Å²) in [5.74, 6) is 0.732. The van der Waals surface area contributed by atoms with E-state index in [2.05, 4.69) is 20.4 Å². The van der Waals surface area contributed by atoms with E-state index in [0.717, 1.165) is 17.1 Å². The van der Waals surface area contributed by atoms with E-state index in [0.29, 0.717) is 23.1 Å². The fraction of sp³-hybridized carbons (Fsp3) is 0.105. The van der Waals surface area contributed by atoms with E-state index in [1.54, 1.807) is 23.1 Å². The number of aromatic nitrogens is 4. The first-order chi connectivity index (χ1) is 13.1. The highest BCUT2D eigenvalue weighted by atomic mass is 16.6. The summed E-state index contributed by atoms with van der Waals surface area (Å²) >= 11 is 0. The monoisotopic (exact) mass is 360 g/mol. The molecule has 8 nitrogen and oxygen atoms in total. The number of anilines is 1. The normalized spacial score (nSPS) is 10.9. The summed E-state index contributed by atoms with van der Waals surface area (Å²) in [5.41, 5.74) is 2.82. The predicted octanol–water partition coefficient (Wildman–Crippen LogP) is 3.64. The third-order valence-electron chi connectivity index (χ3n) is 4.20. The fourth-order valence-corrected chi connectivity index (χ4v) is 3.01. The number of pyridine rings is 2. The third-order valence-corrected chi connectivity index (χ3v) is 4.20. The summed E-state index contributed by atoms with van der Waals surface area (Å²) in [6.07, 6.45) is 5.25. The molecule has 4 rings (SSSR count). The largest absolute Gasteiger partial charge is 0.380 e. The molecule has 0 atom stereocenters. The van der Waals surface area contributed by atoms with Crippen molar-refractivity contribution in [2.24, 2.45) is 0 Å². The van der Waals surface area contributed by atoms with Crippen LogP contribution in [-0.4, -0.2) is 24.7 Å². The molecule has 4 aromatic rings. The zero-order chi connectivity index (χ0) is 18.8. The van der Waals surface area contributed by atoms with Crippen LogP contribution in [0, 0.1) is 17.0 Å². The number of fused-ring (bicyclic) bond motifs is 1. The van der Waals surface area contributed by atoms with Crippen molar-refractivity contribution in [2.75, 3.05) is 5.32 Å². The molecule has 0 aliphatic rings. The molecule has 1 N–H and O–H groups in total. The molecule has 0 saturated carbocycles. The lowest BCUT2D eigenvalue weighted by Gasteiger charge is -2.13. The lowest BCUT2D eigenvalue weighted by molar-refractivity contribution is -0.383. The van der Waals surface area contributed by atoms with Gasteiger partial charge in [-0.15, -0.1) is 0 Å². The van der Waals surface area contributed by atoms with Crippen LogP contribution in [0.3, 0.4) is 0 Å². The van der Waals surface area contributed by atoms with E-state index in [9.17, 15) is 10.1 Å². The Morgan fingerprint density at radius 1 is 1.19 bits per heavy atom. The molecule has 1 aromatic carbocycles. The van der Waals surface area contributed by atoms with E-state index in [1.165, 1.54) is 6.07 Å². The Hall–Kier alpha value is -3.81. The van der Waals surface area contributed by atoms with Gasteiger partial charge in [0.2, 0.25) is 0 Å². The minimum atomic E-state index is -0.407. The molecule has 0 unspecified atom stereocenters. The number of nitrogens with one attached hydrogen (secondary N) is 1. The molecule has 134 valence electrons. The lowest BCUT2D eigenvalue weighted by Crippen LogP contribution is -2.08. The Morgan fingerprint density at radius 3 is 2.85 bits per heavy atom. The van der Waals surface area contributed by atoms with Crippen LogP contribution in [0.2, 0.25) is 0 Å². The molecule has 0 spiro atoms. The Balaban J connectivity index is 1.72. The van der Waals surface area contributed by atoms with E-state index in [-0.39, 0.29) is 5.69 Å². The van der Waals surface area contributed by atoms with E-state index < -0.39 is 4.92 Å². The third kappa shape index (κ3) is 3.20. The van der Waals surface area contributed by atoms with E-state index >= 15 is 0 Å². The molecular weight excluding hydrogens is 344 g/mol. The van der Waals surface area contributed by atoms with Crippen LogP contribution in [-0.2, 0) is 6.54 Å². The zero-order valence-corrected chi connectivity index (χ0v) is 14.5. The second-order valence-electron chi connectivity index (χ2n) is 6.03. The van der Waals surface area contributed by atoms with Gasteiger partial charge < -0.3 is 5.32 Å². The molecule has 8 heteroatoms. The van der Waals surface area contributed by atoms with Crippen LogP contribution < -0.4 is 5.32 Å². The highest BCUT2D eigenvalue weighted by Crippen LogP contribution is 2.30. The van der Waals surface area contributed by atoms with Gasteiger partial charge in [0.25, 0.3) is 5.69 Å². The average molecular weight is 360 g/mol. The van der Waals surface area contributed by atoms with Gasteiger partial charge in [-0.2, -0.15) is 5.10 Å². The van der Waals surface area contributed by atoms with Crippen molar-refractivity contribution in [2.45, 2.75) is 13.5 Å². The summed E-state index contributed by atoms with van der Waals surface area (Å²) < 4.78 is 1.71. The minimum absolute atomic E-state index is 0.00198. The van der Waals surface area contributed by atoms with Crippen molar-refractivity contribution >= 4 is 22.3 Å². The fourth-order valence-electron chi connectivity index (χ4n) is 3.01. The van der Waals surface area contributed by atoms with Gasteiger partial charge in [0.05, 0.1) is 4.92 Å². The van der Waals surface area contributed by atoms with Crippen LogP contribution in [0.4, 0.5) is 11.4 Å². The maximum atomic E-state index is 11.3. The first-order valence-corrected chi connectivity index (χ1v) is 8.36. The van der Waals surface area contributed by atoms with Crippen LogP contribution in [0.1, 0.15) is 11.3 Å². The topological polar surface area (TPSA) is 98.8 Å². The number of non-ortho nitro benzene ring substituents is 1. The maximum Gasteiger partial charge on any atom is 0.295 e. The maximum absolute atomic E-state index is 11.3. The van der Waals surface area contributed by atoms with Crippen LogP contribution in [0.5, 0.6) is 0 Å². The Bertz CT molecular complexity index is 1120. The molecule has 0 aliphatic heterocycles. The number of nitro benzene ring substituents is 1. The summed E-state index contributed by atoms with van der Waals surface area (Å²) in [7, 11) is 0. The number of para-hydroxylation sites is 1. The van der Waals surface area contributed by atoms with Crippen molar-refractivity contribution in [3.8, 4) is 5.82 Å². The molecule has 0 fully saturated rings. The van der Waals surface area contributed by atoms with Crippen LogP contribution in [0.15, 0.2) is 61.1 Å². The predicted molar refractivity (Wildman–Crippen MR) is 102 cm³/mol. The molecule has 3 heterocycles. The van der Waals surface area contributed by atoms with Gasteiger partial charge >= 0.3 is 0 Å². The first kappa shape index (κ1) is 16.6. The van der Waals surface area contributed by atoms with Gasteiger partial charge in [-0.25, -0.2) is 14.6 Å². The quantitative estimate of drug-likeness (QED) is 0.431. The van der Waals surface area contributed by atoms with Crippen LogP contribution >= 0.6 is 0 Å². The molecule has 0 bridgehead atoms. The molecule has 0 amide bonds. The van der Waals surface area contributed by atoms with Gasteiger partial charge in [0.15, 0.2) is 11.3 Å². The Kier molecular flexibility index (Phi) is 4.21. The Labute approximate surface area is 154 Å².